The molecule has 1 saturated carbocycles. The highest BCUT2D eigenvalue weighted by Crippen LogP contribution is 2.39. The van der Waals surface area contributed by atoms with Gasteiger partial charge in [-0.15, -0.1) is 0 Å². The minimum absolute atomic E-state index is 0.432. The van der Waals surface area contributed by atoms with Crippen molar-refractivity contribution in [2.45, 2.75) is 25.9 Å². The molecular weight excluding hydrogens is 228 g/mol. The number of piperidine rings is 1. The number of rotatable bonds is 2. The maximum Gasteiger partial charge on any atom is 0.134 e. The normalized spacial score (nSPS) is 30.8. The molecule has 0 radical (unpaired) electrons. The molecule has 18 heavy (non-hydrogen) atoms. The minimum Gasteiger partial charge on any atom is -0.384 e. The van der Waals surface area contributed by atoms with E-state index in [0.29, 0.717) is 23.8 Å². The van der Waals surface area contributed by atoms with E-state index in [0.717, 1.165) is 24.7 Å². The molecule has 1 saturated heterocycles. The largest absolute Gasteiger partial charge is 0.384 e. The fraction of sp³-hybridized carbons (Fsp3) is 0.692. The minimum atomic E-state index is 0.432. The summed E-state index contributed by atoms with van der Waals surface area (Å²) in [6, 6.07) is 1.87. The van der Waals surface area contributed by atoms with Gasteiger partial charge in [0.1, 0.15) is 17.5 Å². The number of nitrogens with two attached hydrogens (primary N) is 1. The number of hydrogen-bond acceptors (Lipinski definition) is 5. The molecule has 3 atom stereocenters. The van der Waals surface area contributed by atoms with Crippen molar-refractivity contribution in [2.24, 2.45) is 11.8 Å². The predicted octanol–water partition coefficient (Wildman–Crippen LogP) is 1.23. The van der Waals surface area contributed by atoms with Gasteiger partial charge in [0.2, 0.25) is 0 Å². The van der Waals surface area contributed by atoms with Crippen molar-refractivity contribution in [1.29, 1.82) is 0 Å². The van der Waals surface area contributed by atoms with E-state index >= 15 is 0 Å². The summed E-state index contributed by atoms with van der Waals surface area (Å²) in [5.74, 6) is 3.52. The van der Waals surface area contributed by atoms with Crippen LogP contribution >= 0.6 is 0 Å². The third kappa shape index (κ3) is 1.92. The summed E-state index contributed by atoms with van der Waals surface area (Å²) in [4.78, 5) is 11.0. The van der Waals surface area contributed by atoms with Crippen LogP contribution < -0.4 is 10.6 Å². The van der Waals surface area contributed by atoms with Gasteiger partial charge >= 0.3 is 0 Å². The number of nitrogens with zero attached hydrogens (tertiary/aromatic N) is 3. The zero-order valence-corrected chi connectivity index (χ0v) is 11.0. The second-order valence-electron chi connectivity index (χ2n) is 5.40. The van der Waals surface area contributed by atoms with Crippen LogP contribution in [-0.2, 0) is 4.74 Å². The van der Waals surface area contributed by atoms with Crippen LogP contribution in [0.5, 0.6) is 0 Å². The predicted molar refractivity (Wildman–Crippen MR) is 70.4 cm³/mol. The molecule has 0 spiro atoms. The number of fused-ring (bicyclic) bond motifs is 2. The Morgan fingerprint density at radius 3 is 2.50 bits per heavy atom. The Kier molecular flexibility index (Phi) is 2.86. The number of hydrogen-bond donors (Lipinski definition) is 1. The average Bonchev–Trinajstić information content (AvgIpc) is 2.56. The first kappa shape index (κ1) is 11.7. The molecular formula is C13H20N4O. The van der Waals surface area contributed by atoms with Crippen molar-refractivity contribution in [2.75, 3.05) is 30.8 Å². The summed E-state index contributed by atoms with van der Waals surface area (Å²) in [6.07, 6.45) is 2.96. The van der Waals surface area contributed by atoms with Gasteiger partial charge in [0.25, 0.3) is 0 Å². The first-order valence-corrected chi connectivity index (χ1v) is 6.56. The second kappa shape index (κ2) is 4.39. The molecule has 0 amide bonds. The van der Waals surface area contributed by atoms with E-state index in [9.17, 15) is 0 Å². The van der Waals surface area contributed by atoms with Gasteiger partial charge in [-0.25, -0.2) is 9.97 Å². The van der Waals surface area contributed by atoms with Gasteiger partial charge in [-0.3, -0.25) is 0 Å². The molecule has 1 aromatic heterocycles. The molecule has 1 aliphatic heterocycles. The van der Waals surface area contributed by atoms with E-state index in [-0.39, 0.29) is 0 Å². The van der Waals surface area contributed by atoms with Crippen molar-refractivity contribution in [3.05, 3.63) is 11.9 Å². The van der Waals surface area contributed by atoms with Gasteiger partial charge in [0.05, 0.1) is 6.10 Å². The molecule has 2 bridgehead atoms. The molecule has 98 valence electrons. The van der Waals surface area contributed by atoms with Crippen LogP contribution in [0.4, 0.5) is 11.6 Å². The lowest BCUT2D eigenvalue weighted by Crippen LogP contribution is -2.46. The standard InChI is InChI=1S/C13H20N4O/c1-8-15-11(14)5-12(16-8)17-6-9-3-4-10(7-17)13(9)18-2/h5,9-10,13H,3-4,6-7H2,1-2H3,(H2,14,15,16)/t9-,10+,13?. The zero-order chi connectivity index (χ0) is 12.7. The Hall–Kier alpha value is -1.36. The topological polar surface area (TPSA) is 64.3 Å². The smallest absolute Gasteiger partial charge is 0.134 e. The summed E-state index contributed by atoms with van der Waals surface area (Å²) in [5, 5.41) is 0. The third-order valence-corrected chi connectivity index (χ3v) is 4.19. The Balaban J connectivity index is 1.83. The summed E-state index contributed by atoms with van der Waals surface area (Å²) < 4.78 is 5.63. The highest BCUT2D eigenvalue weighted by molar-refractivity contribution is 5.47. The summed E-state index contributed by atoms with van der Waals surface area (Å²) in [5.41, 5.74) is 5.80. The fourth-order valence-electron chi connectivity index (χ4n) is 3.48. The van der Waals surface area contributed by atoms with E-state index < -0.39 is 0 Å². The number of aromatic nitrogens is 2. The van der Waals surface area contributed by atoms with Crippen LogP contribution in [0.1, 0.15) is 18.7 Å². The number of aryl methyl sites for hydroxylation is 1. The van der Waals surface area contributed by atoms with E-state index in [1.807, 2.05) is 20.1 Å². The van der Waals surface area contributed by atoms with Crippen LogP contribution in [0.15, 0.2) is 6.07 Å². The van der Waals surface area contributed by atoms with Crippen LogP contribution in [0.25, 0.3) is 0 Å². The van der Waals surface area contributed by atoms with Gasteiger partial charge < -0.3 is 15.4 Å². The molecule has 1 aliphatic carbocycles. The maximum atomic E-state index is 5.80. The number of methoxy groups -OCH3 is 1. The molecule has 5 heteroatoms. The first-order chi connectivity index (χ1) is 8.67. The number of nitrogen functional groups attached to an aromatic ring is 1. The zero-order valence-electron chi connectivity index (χ0n) is 11.0. The molecule has 1 aromatic rings. The van der Waals surface area contributed by atoms with E-state index in [2.05, 4.69) is 14.9 Å². The van der Waals surface area contributed by atoms with Crippen LogP contribution in [-0.4, -0.2) is 36.3 Å². The first-order valence-electron chi connectivity index (χ1n) is 6.56. The van der Waals surface area contributed by atoms with Gasteiger partial charge in [0.15, 0.2) is 0 Å². The summed E-state index contributed by atoms with van der Waals surface area (Å²) in [6.45, 7) is 3.92. The molecule has 1 unspecified atom stereocenters. The third-order valence-electron chi connectivity index (χ3n) is 4.19. The van der Waals surface area contributed by atoms with Crippen molar-refractivity contribution in [3.63, 3.8) is 0 Å². The highest BCUT2D eigenvalue weighted by atomic mass is 16.5. The van der Waals surface area contributed by atoms with Crippen LogP contribution in [0, 0.1) is 18.8 Å². The quantitative estimate of drug-likeness (QED) is 0.852. The van der Waals surface area contributed by atoms with Crippen LogP contribution in [0.3, 0.4) is 0 Å². The van der Waals surface area contributed by atoms with Gasteiger partial charge in [-0.05, 0) is 19.8 Å². The van der Waals surface area contributed by atoms with Gasteiger partial charge in [-0.2, -0.15) is 0 Å². The Bertz CT molecular complexity index is 416. The van der Waals surface area contributed by atoms with Crippen LogP contribution in [0.2, 0.25) is 0 Å². The van der Waals surface area contributed by atoms with Crippen molar-refractivity contribution < 1.29 is 4.74 Å². The average molecular weight is 248 g/mol. The Labute approximate surface area is 107 Å². The fourth-order valence-corrected chi connectivity index (χ4v) is 3.48. The SMILES string of the molecule is COC1[C@@H]2CC[C@H]1CN(c1cc(N)nc(C)n1)C2. The molecule has 2 N–H and O–H groups in total. The number of ether oxygens (including phenoxy) is 1. The van der Waals surface area contributed by atoms with Crippen molar-refractivity contribution in [1.82, 2.24) is 9.97 Å². The maximum absolute atomic E-state index is 5.80. The molecule has 2 heterocycles. The lowest BCUT2D eigenvalue weighted by Gasteiger charge is -2.37. The number of anilines is 2. The lowest BCUT2D eigenvalue weighted by molar-refractivity contribution is 0.0294. The lowest BCUT2D eigenvalue weighted by atomic mass is 9.95. The highest BCUT2D eigenvalue weighted by Gasteiger charge is 2.42. The molecule has 3 rings (SSSR count). The molecule has 2 aliphatic rings. The Morgan fingerprint density at radius 2 is 1.94 bits per heavy atom. The van der Waals surface area contributed by atoms with E-state index in [1.165, 1.54) is 12.8 Å². The van der Waals surface area contributed by atoms with E-state index in [1.54, 1.807) is 0 Å². The van der Waals surface area contributed by atoms with Gasteiger partial charge in [0, 0.05) is 38.1 Å². The molecule has 0 aromatic carbocycles. The summed E-state index contributed by atoms with van der Waals surface area (Å²) in [7, 11) is 1.83. The van der Waals surface area contributed by atoms with E-state index in [4.69, 9.17) is 10.5 Å². The van der Waals surface area contributed by atoms with Gasteiger partial charge in [-0.1, -0.05) is 0 Å². The van der Waals surface area contributed by atoms with Crippen molar-refractivity contribution >= 4 is 11.6 Å². The molecule has 2 fully saturated rings. The summed E-state index contributed by atoms with van der Waals surface area (Å²) >= 11 is 0. The monoisotopic (exact) mass is 248 g/mol. The second-order valence-corrected chi connectivity index (χ2v) is 5.40. The Morgan fingerprint density at radius 1 is 1.28 bits per heavy atom. The van der Waals surface area contributed by atoms with Crippen molar-refractivity contribution in [3.8, 4) is 0 Å². The molecule has 5 nitrogen and oxygen atoms in total.